The highest BCUT2D eigenvalue weighted by atomic mass is 35.5. The molecule has 1 fully saturated rings. The minimum Gasteiger partial charge on any atom is -0.493 e. The molecule has 0 spiro atoms. The summed E-state index contributed by atoms with van der Waals surface area (Å²) in [7, 11) is -2.85. The molecule has 2 amide bonds. The van der Waals surface area contributed by atoms with E-state index in [0.29, 0.717) is 16.3 Å². The van der Waals surface area contributed by atoms with Crippen molar-refractivity contribution in [1.82, 2.24) is 4.90 Å². The van der Waals surface area contributed by atoms with E-state index in [-0.39, 0.29) is 39.5 Å². The standard InChI is InChI=1S/C26H21Cl2NO7S2/c1-16-3-9-20(10-4-16)38(32,33)36-24-21(28)13-17(14-22(24)34-2)15-23-25(30)29(26(31)37-23)11-12-35-19-7-5-18(27)6-8-19/h3-10,13-15H,11-12H2,1-2H3/b23-15-. The number of hydrogen-bond acceptors (Lipinski definition) is 8. The lowest BCUT2D eigenvalue weighted by atomic mass is 10.2. The summed E-state index contributed by atoms with van der Waals surface area (Å²) in [6, 6.07) is 15.8. The molecule has 1 aliphatic heterocycles. The van der Waals surface area contributed by atoms with Crippen molar-refractivity contribution in [1.29, 1.82) is 0 Å². The fraction of sp³-hybridized carbons (Fsp3) is 0.154. The predicted molar refractivity (Wildman–Crippen MR) is 147 cm³/mol. The molecule has 0 aliphatic carbocycles. The number of carbonyl (C=O) groups is 2. The van der Waals surface area contributed by atoms with Gasteiger partial charge in [-0.25, -0.2) is 0 Å². The van der Waals surface area contributed by atoms with Crippen molar-refractivity contribution < 1.29 is 31.7 Å². The van der Waals surface area contributed by atoms with Gasteiger partial charge in [-0.3, -0.25) is 14.5 Å². The second-order valence-corrected chi connectivity index (χ2v) is 11.4. The Hall–Kier alpha value is -3.18. The number of halogens is 2. The summed E-state index contributed by atoms with van der Waals surface area (Å²) >= 11 is 13.0. The number of benzene rings is 3. The Morgan fingerprint density at radius 1 is 1.00 bits per heavy atom. The van der Waals surface area contributed by atoms with Crippen molar-refractivity contribution in [3.8, 4) is 17.2 Å². The first-order chi connectivity index (χ1) is 18.1. The smallest absolute Gasteiger partial charge is 0.339 e. The van der Waals surface area contributed by atoms with Crippen LogP contribution in [0.3, 0.4) is 0 Å². The van der Waals surface area contributed by atoms with Crippen molar-refractivity contribution in [2.45, 2.75) is 11.8 Å². The number of nitrogens with zero attached hydrogens (tertiary/aromatic N) is 1. The highest BCUT2D eigenvalue weighted by molar-refractivity contribution is 8.18. The molecule has 1 aliphatic rings. The van der Waals surface area contributed by atoms with Gasteiger partial charge in [0.2, 0.25) is 5.75 Å². The fourth-order valence-electron chi connectivity index (χ4n) is 3.40. The van der Waals surface area contributed by atoms with Crippen LogP contribution in [0.4, 0.5) is 4.79 Å². The molecule has 0 bridgehead atoms. The number of aryl methyl sites for hydroxylation is 1. The summed E-state index contributed by atoms with van der Waals surface area (Å²) in [6.45, 7) is 1.99. The van der Waals surface area contributed by atoms with E-state index >= 15 is 0 Å². The number of methoxy groups -OCH3 is 1. The van der Waals surface area contributed by atoms with Crippen LogP contribution in [0.25, 0.3) is 6.08 Å². The lowest BCUT2D eigenvalue weighted by Gasteiger charge is -2.14. The van der Waals surface area contributed by atoms with Crippen LogP contribution in [0.2, 0.25) is 10.0 Å². The molecule has 0 saturated carbocycles. The van der Waals surface area contributed by atoms with Gasteiger partial charge in [0.15, 0.2) is 5.75 Å². The van der Waals surface area contributed by atoms with E-state index in [9.17, 15) is 18.0 Å². The van der Waals surface area contributed by atoms with Crippen molar-refractivity contribution in [3.63, 3.8) is 0 Å². The molecular formula is C26H21Cl2NO7S2. The zero-order chi connectivity index (χ0) is 27.4. The van der Waals surface area contributed by atoms with Gasteiger partial charge in [0, 0.05) is 5.02 Å². The molecule has 0 radical (unpaired) electrons. The van der Waals surface area contributed by atoms with Gasteiger partial charge in [-0.15, -0.1) is 0 Å². The van der Waals surface area contributed by atoms with Gasteiger partial charge in [0.25, 0.3) is 11.1 Å². The highest BCUT2D eigenvalue weighted by Gasteiger charge is 2.35. The Kier molecular flexibility index (Phi) is 8.57. The largest absolute Gasteiger partial charge is 0.493 e. The molecule has 3 aromatic carbocycles. The molecular weight excluding hydrogens is 573 g/mol. The van der Waals surface area contributed by atoms with Gasteiger partial charge in [0.05, 0.1) is 23.6 Å². The van der Waals surface area contributed by atoms with Gasteiger partial charge in [-0.05, 0) is 78.9 Å². The Morgan fingerprint density at radius 2 is 1.68 bits per heavy atom. The summed E-state index contributed by atoms with van der Waals surface area (Å²) in [5.74, 6) is -0.0863. The second-order valence-electron chi connectivity index (χ2n) is 8.02. The molecule has 38 heavy (non-hydrogen) atoms. The maximum atomic E-state index is 12.9. The van der Waals surface area contributed by atoms with Gasteiger partial charge >= 0.3 is 10.1 Å². The number of thioether (sulfide) groups is 1. The fourth-order valence-corrected chi connectivity index (χ4v) is 5.65. The molecule has 1 heterocycles. The number of hydrogen-bond donors (Lipinski definition) is 0. The van der Waals surface area contributed by atoms with Crippen molar-refractivity contribution >= 4 is 62.3 Å². The van der Waals surface area contributed by atoms with E-state index in [0.717, 1.165) is 22.2 Å². The Labute approximate surface area is 234 Å². The van der Waals surface area contributed by atoms with Crippen LogP contribution in [-0.2, 0) is 14.9 Å². The molecule has 8 nitrogen and oxygen atoms in total. The van der Waals surface area contributed by atoms with E-state index < -0.39 is 21.3 Å². The summed E-state index contributed by atoms with van der Waals surface area (Å²) in [5.41, 5.74) is 1.30. The average molecular weight is 594 g/mol. The number of ether oxygens (including phenoxy) is 2. The Bertz CT molecular complexity index is 1510. The van der Waals surface area contributed by atoms with Gasteiger partial charge in [0.1, 0.15) is 17.3 Å². The molecule has 3 aromatic rings. The number of carbonyl (C=O) groups excluding carboxylic acids is 2. The van der Waals surface area contributed by atoms with Crippen molar-refractivity contribution in [3.05, 3.63) is 86.7 Å². The zero-order valence-corrected chi connectivity index (χ0v) is 23.3. The molecule has 0 aromatic heterocycles. The molecule has 4 rings (SSSR count). The summed E-state index contributed by atoms with van der Waals surface area (Å²) in [5, 5.41) is 0.0719. The van der Waals surface area contributed by atoms with E-state index in [2.05, 4.69) is 0 Å². The van der Waals surface area contributed by atoms with Crippen LogP contribution < -0.4 is 13.7 Å². The lowest BCUT2D eigenvalue weighted by molar-refractivity contribution is -0.123. The SMILES string of the molecule is COc1cc(/C=C2\SC(=O)N(CCOc3ccc(Cl)cc3)C2=O)cc(Cl)c1OS(=O)(=O)c1ccc(C)cc1. The number of amides is 2. The van der Waals surface area contributed by atoms with Crippen molar-refractivity contribution in [2.24, 2.45) is 0 Å². The van der Waals surface area contributed by atoms with Crippen LogP contribution >= 0.6 is 35.0 Å². The van der Waals surface area contributed by atoms with Gasteiger partial charge in [-0.2, -0.15) is 8.42 Å². The Morgan fingerprint density at radius 3 is 2.34 bits per heavy atom. The first-order valence-corrected chi connectivity index (χ1v) is 14.1. The van der Waals surface area contributed by atoms with Gasteiger partial charge < -0.3 is 13.7 Å². The summed E-state index contributed by atoms with van der Waals surface area (Å²) in [4.78, 5) is 26.5. The van der Waals surface area contributed by atoms with Crippen LogP contribution in [0, 0.1) is 6.92 Å². The van der Waals surface area contributed by atoms with Crippen LogP contribution in [-0.4, -0.2) is 44.7 Å². The zero-order valence-electron chi connectivity index (χ0n) is 20.1. The normalized spacial score (nSPS) is 14.7. The van der Waals surface area contributed by atoms with E-state index in [1.807, 2.05) is 6.92 Å². The van der Waals surface area contributed by atoms with Crippen molar-refractivity contribution in [2.75, 3.05) is 20.3 Å². The second kappa shape index (κ2) is 11.7. The monoisotopic (exact) mass is 593 g/mol. The summed E-state index contributed by atoms with van der Waals surface area (Å²) < 4.78 is 41.7. The first-order valence-electron chi connectivity index (χ1n) is 11.1. The maximum absolute atomic E-state index is 12.9. The first kappa shape index (κ1) is 27.8. The molecule has 0 unspecified atom stereocenters. The summed E-state index contributed by atoms with van der Waals surface area (Å²) in [6.07, 6.45) is 1.47. The molecule has 0 N–H and O–H groups in total. The van der Waals surface area contributed by atoms with Gasteiger partial charge in [-0.1, -0.05) is 40.9 Å². The quantitative estimate of drug-likeness (QED) is 0.214. The van der Waals surface area contributed by atoms with E-state index in [1.165, 1.54) is 37.5 Å². The molecule has 12 heteroatoms. The predicted octanol–water partition coefficient (Wildman–Crippen LogP) is 6.19. The number of rotatable bonds is 9. The lowest BCUT2D eigenvalue weighted by Crippen LogP contribution is -2.32. The minimum atomic E-state index is -4.18. The van der Waals surface area contributed by atoms with Crippen LogP contribution in [0.15, 0.2) is 70.5 Å². The third kappa shape index (κ3) is 6.44. The third-order valence-corrected chi connectivity index (χ3v) is 8.00. The van der Waals surface area contributed by atoms with Crippen LogP contribution in [0.1, 0.15) is 11.1 Å². The van der Waals surface area contributed by atoms with E-state index in [4.69, 9.17) is 36.9 Å². The minimum absolute atomic E-state index is 0.0371. The average Bonchev–Trinajstić information content (AvgIpc) is 3.14. The van der Waals surface area contributed by atoms with E-state index in [1.54, 1.807) is 36.4 Å². The topological polar surface area (TPSA) is 99.2 Å². The molecule has 1 saturated heterocycles. The molecule has 0 atom stereocenters. The number of imide groups is 1. The highest BCUT2D eigenvalue weighted by Crippen LogP contribution is 2.40. The third-order valence-electron chi connectivity index (χ3n) is 5.32. The Balaban J connectivity index is 1.49. The van der Waals surface area contributed by atoms with Crippen LogP contribution in [0.5, 0.6) is 17.2 Å². The maximum Gasteiger partial charge on any atom is 0.339 e. The molecule has 198 valence electrons.